The lowest BCUT2D eigenvalue weighted by Gasteiger charge is -2.11. The summed E-state index contributed by atoms with van der Waals surface area (Å²) >= 11 is 3.92. The zero-order valence-electron chi connectivity index (χ0n) is 20.8. The summed E-state index contributed by atoms with van der Waals surface area (Å²) in [6.07, 6.45) is 7.45. The minimum Gasteiger partial charge on any atom is -0.140 e. The zero-order chi connectivity index (χ0) is 23.7. The van der Waals surface area contributed by atoms with Crippen LogP contribution in [-0.4, -0.2) is 0 Å². The van der Waals surface area contributed by atoms with Crippen molar-refractivity contribution in [3.63, 3.8) is 0 Å². The summed E-state index contributed by atoms with van der Waals surface area (Å²) in [5.74, 6) is 0. The molecule has 0 saturated carbocycles. The molecule has 34 heavy (non-hydrogen) atoms. The molecule has 0 aliphatic heterocycles. The van der Waals surface area contributed by atoms with Crippen LogP contribution in [0.2, 0.25) is 0 Å². The molecule has 0 aliphatic rings. The fourth-order valence-corrected chi connectivity index (χ4v) is 7.14. The summed E-state index contributed by atoms with van der Waals surface area (Å²) in [6, 6.07) is 23.6. The quantitative estimate of drug-likeness (QED) is 0.193. The molecule has 0 radical (unpaired) electrons. The highest BCUT2D eigenvalue weighted by molar-refractivity contribution is 7.15. The number of benzene rings is 3. The van der Waals surface area contributed by atoms with Gasteiger partial charge in [-0.15, -0.1) is 22.7 Å². The second kappa shape index (κ2) is 10.1. The van der Waals surface area contributed by atoms with Gasteiger partial charge in [0.15, 0.2) is 0 Å². The van der Waals surface area contributed by atoms with Crippen LogP contribution in [0.25, 0.3) is 42.4 Å². The first-order valence-corrected chi connectivity index (χ1v) is 14.4. The second-order valence-electron chi connectivity index (χ2n) is 9.62. The fraction of sp³-hybridized carbons (Fsp3) is 0.312. The van der Waals surface area contributed by atoms with E-state index in [-0.39, 0.29) is 0 Å². The minimum absolute atomic E-state index is 1.20. The summed E-state index contributed by atoms with van der Waals surface area (Å²) < 4.78 is 0. The Kier molecular flexibility index (Phi) is 6.90. The van der Waals surface area contributed by atoms with Gasteiger partial charge in [-0.05, 0) is 132 Å². The number of hydrogen-bond acceptors (Lipinski definition) is 2. The van der Waals surface area contributed by atoms with Crippen LogP contribution in [-0.2, 0) is 12.8 Å². The number of unbranched alkanes of at least 4 members (excludes halogenated alkanes) is 2. The maximum atomic E-state index is 2.40. The summed E-state index contributed by atoms with van der Waals surface area (Å²) in [7, 11) is 0. The molecule has 0 aliphatic carbocycles. The molecule has 3 aromatic carbocycles. The normalized spacial score (nSPS) is 11.6. The van der Waals surface area contributed by atoms with Crippen molar-refractivity contribution in [2.75, 3.05) is 0 Å². The Labute approximate surface area is 212 Å². The van der Waals surface area contributed by atoms with Gasteiger partial charge < -0.3 is 0 Å². The first-order valence-electron chi connectivity index (χ1n) is 12.7. The number of rotatable bonds is 8. The topological polar surface area (TPSA) is 0 Å². The molecule has 0 atom stereocenters. The molecule has 0 spiro atoms. The third-order valence-corrected chi connectivity index (χ3v) is 9.25. The predicted octanol–water partition coefficient (Wildman–Crippen LogP) is 10.8. The van der Waals surface area contributed by atoms with Gasteiger partial charge in [-0.3, -0.25) is 0 Å². The van der Waals surface area contributed by atoms with Crippen LogP contribution in [0.4, 0.5) is 0 Å². The number of hydrogen-bond donors (Lipinski definition) is 0. The van der Waals surface area contributed by atoms with E-state index in [9.17, 15) is 0 Å². The van der Waals surface area contributed by atoms with E-state index >= 15 is 0 Å². The largest absolute Gasteiger partial charge is 0.140 e. The van der Waals surface area contributed by atoms with Crippen molar-refractivity contribution in [3.8, 4) is 20.9 Å². The lowest BCUT2D eigenvalue weighted by atomic mass is 9.95. The Balaban J connectivity index is 1.53. The van der Waals surface area contributed by atoms with E-state index in [1.54, 1.807) is 0 Å². The zero-order valence-corrected chi connectivity index (χ0v) is 22.5. The molecular formula is C32H34S2. The Hall–Kier alpha value is -2.42. The van der Waals surface area contributed by atoms with Crippen molar-refractivity contribution >= 4 is 44.2 Å². The van der Waals surface area contributed by atoms with Gasteiger partial charge in [0, 0.05) is 19.5 Å². The van der Waals surface area contributed by atoms with Crippen LogP contribution < -0.4 is 0 Å². The number of thiophene rings is 2. The predicted molar refractivity (Wildman–Crippen MR) is 155 cm³/mol. The van der Waals surface area contributed by atoms with Gasteiger partial charge >= 0.3 is 0 Å². The van der Waals surface area contributed by atoms with Crippen LogP contribution in [0.1, 0.15) is 60.4 Å². The molecule has 0 unspecified atom stereocenters. The van der Waals surface area contributed by atoms with Gasteiger partial charge in [0.2, 0.25) is 0 Å². The Morgan fingerprint density at radius 1 is 0.529 bits per heavy atom. The van der Waals surface area contributed by atoms with Gasteiger partial charge in [-0.25, -0.2) is 0 Å². The highest BCUT2D eigenvalue weighted by atomic mass is 32.1. The lowest BCUT2D eigenvalue weighted by Crippen LogP contribution is -1.86. The van der Waals surface area contributed by atoms with Gasteiger partial charge in [-0.2, -0.15) is 0 Å². The molecule has 0 bridgehead atoms. The monoisotopic (exact) mass is 482 g/mol. The Morgan fingerprint density at radius 3 is 1.35 bits per heavy atom. The summed E-state index contributed by atoms with van der Waals surface area (Å²) in [6.45, 7) is 9.05. The second-order valence-corrected chi connectivity index (χ2v) is 12.0. The van der Waals surface area contributed by atoms with Gasteiger partial charge in [-0.1, -0.05) is 38.8 Å². The van der Waals surface area contributed by atoms with Gasteiger partial charge in [0.25, 0.3) is 0 Å². The number of aryl methyl sites for hydroxylation is 4. The molecule has 174 valence electrons. The van der Waals surface area contributed by atoms with Crippen molar-refractivity contribution in [3.05, 3.63) is 81.5 Å². The Morgan fingerprint density at radius 2 is 0.941 bits per heavy atom. The standard InChI is InChI=1S/C32H34S2/c1-5-7-9-27-11-13-31(33-27)29-19-25-17-24-16-22(4)30(20-26(24)18-23(25)15-21(29)3)32-14-12-28(34-32)10-8-6-2/h11-20H,5-10H2,1-4H3. The van der Waals surface area contributed by atoms with Crippen LogP contribution in [0.5, 0.6) is 0 Å². The van der Waals surface area contributed by atoms with E-state index in [1.807, 2.05) is 22.7 Å². The van der Waals surface area contributed by atoms with E-state index in [2.05, 4.69) is 88.4 Å². The molecule has 2 aromatic heterocycles. The summed E-state index contributed by atoms with van der Waals surface area (Å²) in [4.78, 5) is 5.80. The fourth-order valence-electron chi connectivity index (χ4n) is 4.88. The van der Waals surface area contributed by atoms with Gasteiger partial charge in [0.1, 0.15) is 0 Å². The molecule has 5 rings (SSSR count). The minimum atomic E-state index is 1.20. The van der Waals surface area contributed by atoms with Gasteiger partial charge in [0.05, 0.1) is 0 Å². The van der Waals surface area contributed by atoms with E-state index in [1.165, 1.54) is 102 Å². The van der Waals surface area contributed by atoms with Crippen molar-refractivity contribution in [2.45, 2.75) is 66.2 Å². The van der Waals surface area contributed by atoms with Crippen molar-refractivity contribution in [1.29, 1.82) is 0 Å². The smallest absolute Gasteiger partial charge is 0.0348 e. The van der Waals surface area contributed by atoms with Crippen molar-refractivity contribution < 1.29 is 0 Å². The van der Waals surface area contributed by atoms with E-state index < -0.39 is 0 Å². The molecule has 0 fully saturated rings. The molecule has 0 nitrogen and oxygen atoms in total. The van der Waals surface area contributed by atoms with Crippen molar-refractivity contribution in [1.82, 2.24) is 0 Å². The summed E-state index contributed by atoms with van der Waals surface area (Å²) in [5, 5.41) is 5.34. The molecule has 0 amide bonds. The van der Waals surface area contributed by atoms with E-state index in [4.69, 9.17) is 0 Å². The average molecular weight is 483 g/mol. The summed E-state index contributed by atoms with van der Waals surface area (Å²) in [5.41, 5.74) is 5.49. The van der Waals surface area contributed by atoms with Crippen molar-refractivity contribution in [2.24, 2.45) is 0 Å². The Bertz CT molecular complexity index is 1340. The molecular weight excluding hydrogens is 448 g/mol. The maximum absolute atomic E-state index is 2.40. The highest BCUT2D eigenvalue weighted by Crippen LogP contribution is 2.38. The molecule has 5 aromatic rings. The van der Waals surface area contributed by atoms with Crippen LogP contribution >= 0.6 is 22.7 Å². The maximum Gasteiger partial charge on any atom is 0.0348 e. The third-order valence-electron chi connectivity index (χ3n) is 6.89. The third kappa shape index (κ3) is 4.72. The molecule has 2 heterocycles. The van der Waals surface area contributed by atoms with E-state index in [0.717, 1.165) is 0 Å². The SMILES string of the molecule is CCCCc1ccc(-c2cc3cc4cc(C)c(-c5ccc(CCCC)s5)cc4cc3cc2C)s1. The first kappa shape index (κ1) is 23.3. The van der Waals surface area contributed by atoms with Crippen LogP contribution in [0.3, 0.4) is 0 Å². The van der Waals surface area contributed by atoms with Crippen LogP contribution in [0.15, 0.2) is 60.7 Å². The molecule has 2 heteroatoms. The average Bonchev–Trinajstić information content (AvgIpc) is 3.49. The molecule has 0 N–H and O–H groups in total. The van der Waals surface area contributed by atoms with Crippen LogP contribution in [0, 0.1) is 13.8 Å². The first-order chi connectivity index (χ1) is 16.6. The van der Waals surface area contributed by atoms with E-state index in [0.29, 0.717) is 0 Å². The highest BCUT2D eigenvalue weighted by Gasteiger charge is 2.11. The lowest BCUT2D eigenvalue weighted by molar-refractivity contribution is 0.804. The number of fused-ring (bicyclic) bond motifs is 2. The molecule has 0 saturated heterocycles.